The summed E-state index contributed by atoms with van der Waals surface area (Å²) in [5.74, 6) is 0.448. The summed E-state index contributed by atoms with van der Waals surface area (Å²) in [6.07, 6.45) is 0. The molecule has 1 atom stereocenters. The Morgan fingerprint density at radius 1 is 1.18 bits per heavy atom. The Hall–Kier alpha value is -3.50. The van der Waals surface area contributed by atoms with E-state index in [1.165, 1.54) is 0 Å². The Labute approximate surface area is 163 Å². The number of benzene rings is 2. The highest BCUT2D eigenvalue weighted by atomic mass is 16.2. The fraction of sp³-hybridized carbons (Fsp3) is 0.238. The number of fused-ring (bicyclic) bond motifs is 1. The topological polar surface area (TPSA) is 93.9 Å². The molecule has 2 N–H and O–H groups in total. The van der Waals surface area contributed by atoms with Gasteiger partial charge in [-0.15, -0.1) is 10.2 Å². The summed E-state index contributed by atoms with van der Waals surface area (Å²) in [4.78, 5) is 14.5. The molecule has 1 unspecified atom stereocenters. The molecule has 4 rings (SSSR count). The first-order valence-corrected chi connectivity index (χ1v) is 9.21. The van der Waals surface area contributed by atoms with Crippen LogP contribution in [0, 0.1) is 11.3 Å². The van der Waals surface area contributed by atoms with E-state index in [-0.39, 0.29) is 12.1 Å². The van der Waals surface area contributed by atoms with Crippen LogP contribution >= 0.6 is 0 Å². The third-order valence-electron chi connectivity index (χ3n) is 4.86. The molecule has 3 aromatic rings. The lowest BCUT2D eigenvalue weighted by molar-refractivity contribution is 0.192. The van der Waals surface area contributed by atoms with Gasteiger partial charge < -0.3 is 10.2 Å². The number of piperazine rings is 1. The molecule has 1 aliphatic heterocycles. The van der Waals surface area contributed by atoms with E-state index in [0.717, 1.165) is 22.9 Å². The minimum absolute atomic E-state index is 0.168. The quantitative estimate of drug-likeness (QED) is 0.721. The third-order valence-corrected chi connectivity index (χ3v) is 4.86. The molecule has 0 spiro atoms. The van der Waals surface area contributed by atoms with Crippen molar-refractivity contribution < 1.29 is 4.79 Å². The van der Waals surface area contributed by atoms with E-state index in [9.17, 15) is 4.79 Å². The number of carbonyl (C=O) groups excluding carboxylic acids is 1. The maximum Gasteiger partial charge on any atom is 0.323 e. The Balaban J connectivity index is 1.67. The predicted molar refractivity (Wildman–Crippen MR) is 108 cm³/mol. The van der Waals surface area contributed by atoms with E-state index in [4.69, 9.17) is 5.26 Å². The summed E-state index contributed by atoms with van der Waals surface area (Å²) in [6.45, 7) is 4.14. The summed E-state index contributed by atoms with van der Waals surface area (Å²) >= 11 is 0. The number of anilines is 1. The number of rotatable bonds is 2. The van der Waals surface area contributed by atoms with Crippen molar-refractivity contribution in [2.45, 2.75) is 13.0 Å². The van der Waals surface area contributed by atoms with E-state index in [1.807, 2.05) is 36.4 Å². The molecule has 7 heteroatoms. The van der Waals surface area contributed by atoms with E-state index in [1.54, 1.807) is 17.0 Å². The van der Waals surface area contributed by atoms with Gasteiger partial charge in [0.05, 0.1) is 11.6 Å². The van der Waals surface area contributed by atoms with Gasteiger partial charge in [0.25, 0.3) is 0 Å². The van der Waals surface area contributed by atoms with Crippen molar-refractivity contribution in [2.75, 3.05) is 25.0 Å². The van der Waals surface area contributed by atoms with Crippen molar-refractivity contribution in [1.29, 1.82) is 5.26 Å². The zero-order valence-corrected chi connectivity index (χ0v) is 15.5. The lowest BCUT2D eigenvalue weighted by Crippen LogP contribution is -2.52. The number of nitriles is 1. The summed E-state index contributed by atoms with van der Waals surface area (Å²) < 4.78 is 0. The van der Waals surface area contributed by atoms with Gasteiger partial charge in [-0.2, -0.15) is 5.26 Å². The second kappa shape index (κ2) is 7.62. The van der Waals surface area contributed by atoms with Crippen molar-refractivity contribution in [3.05, 3.63) is 54.1 Å². The van der Waals surface area contributed by atoms with Crippen molar-refractivity contribution in [3.8, 4) is 17.3 Å². The summed E-state index contributed by atoms with van der Waals surface area (Å²) in [6, 6.07) is 17.2. The lowest BCUT2D eigenvalue weighted by Gasteiger charge is -2.31. The first-order valence-electron chi connectivity index (χ1n) is 9.21. The molecule has 2 aromatic carbocycles. The van der Waals surface area contributed by atoms with Gasteiger partial charge in [0.2, 0.25) is 0 Å². The molecule has 1 aromatic heterocycles. The normalized spacial score (nSPS) is 16.6. The SMILES string of the molecule is CC1CN(C(=O)Nc2nnc(-c3ccc(C#N)cc3)c3ccccc23)CCN1. The largest absolute Gasteiger partial charge is 0.323 e. The number of carbonyl (C=O) groups is 1. The van der Waals surface area contributed by atoms with E-state index >= 15 is 0 Å². The van der Waals surface area contributed by atoms with E-state index in [2.05, 4.69) is 33.8 Å². The zero-order valence-electron chi connectivity index (χ0n) is 15.5. The molecule has 0 radical (unpaired) electrons. The Bertz CT molecular complexity index is 1060. The maximum absolute atomic E-state index is 12.7. The van der Waals surface area contributed by atoms with Crippen molar-refractivity contribution >= 4 is 22.6 Å². The van der Waals surface area contributed by atoms with Gasteiger partial charge in [-0.3, -0.25) is 5.32 Å². The van der Waals surface area contributed by atoms with Crippen LogP contribution in [0.1, 0.15) is 12.5 Å². The molecule has 7 nitrogen and oxygen atoms in total. The number of hydrogen-bond donors (Lipinski definition) is 2. The molecule has 2 amide bonds. The number of hydrogen-bond acceptors (Lipinski definition) is 5. The Kier molecular flexibility index (Phi) is 4.87. The van der Waals surface area contributed by atoms with Crippen LogP contribution in [0.25, 0.3) is 22.0 Å². The van der Waals surface area contributed by atoms with Crippen LogP contribution in [0.3, 0.4) is 0 Å². The number of urea groups is 1. The van der Waals surface area contributed by atoms with Gasteiger partial charge in [0.15, 0.2) is 5.82 Å². The first kappa shape index (κ1) is 17.9. The molecule has 1 saturated heterocycles. The average molecular weight is 372 g/mol. The van der Waals surface area contributed by atoms with Gasteiger partial charge in [0.1, 0.15) is 5.69 Å². The van der Waals surface area contributed by atoms with Crippen LogP contribution < -0.4 is 10.6 Å². The summed E-state index contributed by atoms with van der Waals surface area (Å²) in [5.41, 5.74) is 2.18. The molecule has 140 valence electrons. The molecule has 1 aliphatic rings. The Morgan fingerprint density at radius 2 is 1.93 bits per heavy atom. The first-order chi connectivity index (χ1) is 13.7. The van der Waals surface area contributed by atoms with Gasteiger partial charge in [-0.05, 0) is 19.1 Å². The van der Waals surface area contributed by atoms with Crippen LogP contribution in [-0.2, 0) is 0 Å². The fourth-order valence-corrected chi connectivity index (χ4v) is 3.41. The highest BCUT2D eigenvalue weighted by Crippen LogP contribution is 2.29. The van der Waals surface area contributed by atoms with Crippen LogP contribution in [0.15, 0.2) is 48.5 Å². The molecule has 1 fully saturated rings. The lowest BCUT2D eigenvalue weighted by atomic mass is 10.0. The molecular formula is C21H20N6O. The van der Waals surface area contributed by atoms with Crippen LogP contribution in [-0.4, -0.2) is 46.8 Å². The summed E-state index contributed by atoms with van der Waals surface area (Å²) in [7, 11) is 0. The van der Waals surface area contributed by atoms with Gasteiger partial charge in [0, 0.05) is 42.0 Å². The molecule has 0 bridgehead atoms. The van der Waals surface area contributed by atoms with Crippen LogP contribution in [0.4, 0.5) is 10.6 Å². The Morgan fingerprint density at radius 3 is 2.64 bits per heavy atom. The molecule has 2 heterocycles. The minimum Gasteiger partial charge on any atom is -0.322 e. The van der Waals surface area contributed by atoms with E-state index < -0.39 is 0 Å². The summed E-state index contributed by atoms with van der Waals surface area (Å²) in [5, 5.41) is 25.6. The number of amides is 2. The molecular weight excluding hydrogens is 352 g/mol. The number of aromatic nitrogens is 2. The predicted octanol–water partition coefficient (Wildman–Crippen LogP) is 2.99. The molecule has 28 heavy (non-hydrogen) atoms. The monoisotopic (exact) mass is 372 g/mol. The zero-order chi connectivity index (χ0) is 19.5. The van der Waals surface area contributed by atoms with Crippen molar-refractivity contribution in [1.82, 2.24) is 20.4 Å². The van der Waals surface area contributed by atoms with Crippen molar-refractivity contribution in [3.63, 3.8) is 0 Å². The molecule has 0 saturated carbocycles. The smallest absolute Gasteiger partial charge is 0.322 e. The third kappa shape index (κ3) is 3.50. The number of nitrogens with zero attached hydrogens (tertiary/aromatic N) is 4. The average Bonchev–Trinajstić information content (AvgIpc) is 2.74. The van der Waals surface area contributed by atoms with Gasteiger partial charge in [-0.1, -0.05) is 36.4 Å². The maximum atomic E-state index is 12.7. The second-order valence-corrected chi connectivity index (χ2v) is 6.86. The number of nitrogens with one attached hydrogen (secondary N) is 2. The van der Waals surface area contributed by atoms with Gasteiger partial charge >= 0.3 is 6.03 Å². The highest BCUT2D eigenvalue weighted by Gasteiger charge is 2.22. The second-order valence-electron chi connectivity index (χ2n) is 6.86. The highest BCUT2D eigenvalue weighted by molar-refractivity contribution is 6.04. The minimum atomic E-state index is -0.168. The van der Waals surface area contributed by atoms with Gasteiger partial charge in [-0.25, -0.2) is 4.79 Å². The van der Waals surface area contributed by atoms with Crippen molar-refractivity contribution in [2.24, 2.45) is 0 Å². The van der Waals surface area contributed by atoms with Crippen LogP contribution in [0.5, 0.6) is 0 Å². The fourth-order valence-electron chi connectivity index (χ4n) is 3.41. The molecule has 0 aliphatic carbocycles. The van der Waals surface area contributed by atoms with Crippen LogP contribution in [0.2, 0.25) is 0 Å². The standard InChI is InChI=1S/C21H20N6O/c1-14-13-27(11-10-23-14)21(28)24-20-18-5-3-2-4-17(18)19(25-26-20)16-8-6-15(12-22)7-9-16/h2-9,14,23H,10-11,13H2,1H3,(H,24,26,28). The van der Waals surface area contributed by atoms with E-state index in [0.29, 0.717) is 30.2 Å².